The number of Topliss-reactive ketones (excluding diaryl/α,β-unsaturated/α-hetero) is 1. The predicted molar refractivity (Wildman–Crippen MR) is 200 cm³/mol. The fraction of sp³-hybridized carbons (Fsp3) is 0.463. The average molecular weight is 667 g/mol. The standard InChI is InChI=1S/C41H54N4O4/c1-6-21-44(25-20-30(4)31(5)46)23-12-26-49-41-42-39-19-17-32(27-34-29-36(48)28-33-13-9-10-15-37(33)34)16-18-38(39)40(43-41)45(22-7-2)24-11-14-35(47)8-3/h8-10,13,15,27-29,48H,3-4,6-7,11-12,14,16-26H2,1-2,5H3/b32-27+. The summed E-state index contributed by atoms with van der Waals surface area (Å²) in [5.74, 6) is 1.28. The number of fused-ring (bicyclic) bond motifs is 2. The van der Waals surface area contributed by atoms with Gasteiger partial charge in [-0.2, -0.15) is 9.97 Å². The monoisotopic (exact) mass is 666 g/mol. The van der Waals surface area contributed by atoms with Crippen LogP contribution in [-0.4, -0.2) is 70.9 Å². The van der Waals surface area contributed by atoms with E-state index in [-0.39, 0.29) is 17.3 Å². The number of aromatic hydroxyl groups is 1. The Morgan fingerprint density at radius 2 is 1.71 bits per heavy atom. The van der Waals surface area contributed by atoms with E-state index in [9.17, 15) is 14.7 Å². The van der Waals surface area contributed by atoms with Gasteiger partial charge >= 0.3 is 6.01 Å². The number of anilines is 1. The summed E-state index contributed by atoms with van der Waals surface area (Å²) in [6.45, 7) is 18.1. The van der Waals surface area contributed by atoms with Gasteiger partial charge in [-0.1, -0.05) is 62.9 Å². The molecule has 2 aromatic carbocycles. The highest BCUT2D eigenvalue weighted by molar-refractivity contribution is 5.93. The van der Waals surface area contributed by atoms with Crippen molar-refractivity contribution >= 4 is 34.2 Å². The largest absolute Gasteiger partial charge is 0.508 e. The molecule has 4 rings (SSSR count). The number of aryl methyl sites for hydroxylation is 1. The lowest BCUT2D eigenvalue weighted by Crippen LogP contribution is -2.29. The minimum Gasteiger partial charge on any atom is -0.508 e. The van der Waals surface area contributed by atoms with Crippen LogP contribution in [0.1, 0.15) is 89.0 Å². The smallest absolute Gasteiger partial charge is 0.318 e. The molecule has 0 atom stereocenters. The van der Waals surface area contributed by atoms with Gasteiger partial charge in [-0.05, 0) is 111 Å². The van der Waals surface area contributed by atoms with E-state index in [1.807, 2.05) is 30.3 Å². The molecule has 0 amide bonds. The van der Waals surface area contributed by atoms with E-state index in [2.05, 4.69) is 48.9 Å². The number of aromatic nitrogens is 2. The minimum absolute atomic E-state index is 0.0517. The molecule has 1 aliphatic rings. The summed E-state index contributed by atoms with van der Waals surface area (Å²) in [7, 11) is 0. The van der Waals surface area contributed by atoms with Crippen molar-refractivity contribution in [1.29, 1.82) is 0 Å². The van der Waals surface area contributed by atoms with Crippen LogP contribution in [0.25, 0.3) is 16.8 Å². The number of carbonyl (C=O) groups excluding carboxylic acids is 2. The fourth-order valence-electron chi connectivity index (χ4n) is 6.49. The summed E-state index contributed by atoms with van der Waals surface area (Å²) < 4.78 is 6.26. The van der Waals surface area contributed by atoms with Crippen LogP contribution in [-0.2, 0) is 22.4 Å². The first kappa shape index (κ1) is 37.5. The predicted octanol–water partition coefficient (Wildman–Crippen LogP) is 8.07. The number of allylic oxidation sites excluding steroid dienone is 2. The second-order valence-electron chi connectivity index (χ2n) is 13.0. The van der Waals surface area contributed by atoms with Gasteiger partial charge in [-0.25, -0.2) is 0 Å². The highest BCUT2D eigenvalue weighted by Crippen LogP contribution is 2.34. The number of hydrogen-bond acceptors (Lipinski definition) is 8. The second kappa shape index (κ2) is 19.0. The highest BCUT2D eigenvalue weighted by Gasteiger charge is 2.23. The Bertz CT molecular complexity index is 1650. The van der Waals surface area contributed by atoms with Crippen molar-refractivity contribution in [3.8, 4) is 11.8 Å². The van der Waals surface area contributed by atoms with Gasteiger partial charge in [-0.3, -0.25) is 9.59 Å². The van der Waals surface area contributed by atoms with Gasteiger partial charge in [0.15, 0.2) is 11.6 Å². The van der Waals surface area contributed by atoms with Crippen molar-refractivity contribution in [3.63, 3.8) is 0 Å². The van der Waals surface area contributed by atoms with Gasteiger partial charge in [-0.15, -0.1) is 0 Å². The number of ketones is 2. The van der Waals surface area contributed by atoms with Crippen LogP contribution in [0.15, 0.2) is 66.8 Å². The third-order valence-electron chi connectivity index (χ3n) is 9.16. The Balaban J connectivity index is 1.55. The van der Waals surface area contributed by atoms with Gasteiger partial charge in [0.1, 0.15) is 11.6 Å². The number of nitrogens with zero attached hydrogens (tertiary/aromatic N) is 4. The van der Waals surface area contributed by atoms with Crippen LogP contribution in [0.5, 0.6) is 11.8 Å². The van der Waals surface area contributed by atoms with Gasteiger partial charge in [0.05, 0.1) is 12.3 Å². The van der Waals surface area contributed by atoms with Gasteiger partial charge in [0, 0.05) is 38.2 Å². The maximum Gasteiger partial charge on any atom is 0.318 e. The molecule has 0 saturated carbocycles. The molecule has 8 nitrogen and oxygen atoms in total. The molecule has 0 spiro atoms. The third-order valence-corrected chi connectivity index (χ3v) is 9.16. The molecule has 0 unspecified atom stereocenters. The summed E-state index contributed by atoms with van der Waals surface area (Å²) in [5, 5.41) is 12.6. The van der Waals surface area contributed by atoms with E-state index >= 15 is 0 Å². The van der Waals surface area contributed by atoms with Crippen molar-refractivity contribution in [2.75, 3.05) is 44.2 Å². The molecule has 8 heteroatoms. The molecule has 0 aliphatic heterocycles. The van der Waals surface area contributed by atoms with Crippen molar-refractivity contribution < 1.29 is 19.4 Å². The number of phenolic OH excluding ortho intramolecular Hbond substituents is 1. The molecule has 1 aromatic heterocycles. The van der Waals surface area contributed by atoms with Crippen LogP contribution in [0.2, 0.25) is 0 Å². The van der Waals surface area contributed by atoms with Crippen LogP contribution in [0.3, 0.4) is 0 Å². The van der Waals surface area contributed by atoms with Crippen LogP contribution >= 0.6 is 0 Å². The second-order valence-corrected chi connectivity index (χ2v) is 13.0. The fourth-order valence-corrected chi connectivity index (χ4v) is 6.49. The average Bonchev–Trinajstić information content (AvgIpc) is 3.30. The number of ether oxygens (including phenoxy) is 1. The van der Waals surface area contributed by atoms with Crippen molar-refractivity contribution in [2.45, 2.75) is 85.0 Å². The topological polar surface area (TPSA) is 95.9 Å². The number of hydrogen-bond donors (Lipinski definition) is 1. The molecule has 3 aromatic rings. The summed E-state index contributed by atoms with van der Waals surface area (Å²) in [5.41, 5.74) is 5.17. The molecule has 262 valence electrons. The molecular weight excluding hydrogens is 612 g/mol. The Morgan fingerprint density at radius 1 is 0.939 bits per heavy atom. The van der Waals surface area contributed by atoms with E-state index in [0.29, 0.717) is 37.6 Å². The first-order valence-electron chi connectivity index (χ1n) is 18.0. The molecule has 1 heterocycles. The summed E-state index contributed by atoms with van der Waals surface area (Å²) in [6, 6.07) is 12.2. The zero-order valence-electron chi connectivity index (χ0n) is 29.8. The highest BCUT2D eigenvalue weighted by atomic mass is 16.5. The zero-order valence-corrected chi connectivity index (χ0v) is 29.8. The normalized spacial score (nSPS) is 13.7. The summed E-state index contributed by atoms with van der Waals surface area (Å²) in [6.07, 6.45) is 11.6. The van der Waals surface area contributed by atoms with Crippen LogP contribution < -0.4 is 9.64 Å². The van der Waals surface area contributed by atoms with E-state index in [0.717, 1.165) is 111 Å². The first-order valence-corrected chi connectivity index (χ1v) is 18.0. The van der Waals surface area contributed by atoms with Crippen molar-refractivity contribution in [2.24, 2.45) is 0 Å². The number of carbonyl (C=O) groups is 2. The SMILES string of the molecule is C=CC(=O)CCCN(CCC)c1nc(OCCCN(CCC)CCC(=C)C(C)=O)nc2c1CC/C(=C\c1cc(O)cc3ccccc13)CC2. The third kappa shape index (κ3) is 11.1. The number of rotatable bonds is 20. The van der Waals surface area contributed by atoms with E-state index < -0.39 is 0 Å². The number of phenols is 1. The Kier molecular flexibility index (Phi) is 14.6. The molecular formula is C41H54N4O4. The molecule has 0 saturated heterocycles. The molecule has 1 N–H and O–H groups in total. The van der Waals surface area contributed by atoms with Crippen LogP contribution in [0.4, 0.5) is 5.82 Å². The van der Waals surface area contributed by atoms with E-state index in [1.54, 1.807) is 6.92 Å². The summed E-state index contributed by atoms with van der Waals surface area (Å²) in [4.78, 5) is 38.3. The summed E-state index contributed by atoms with van der Waals surface area (Å²) >= 11 is 0. The zero-order chi connectivity index (χ0) is 35.2. The Hall–Kier alpha value is -4.30. The molecule has 0 fully saturated rings. The lowest BCUT2D eigenvalue weighted by molar-refractivity contribution is -0.115. The molecule has 49 heavy (non-hydrogen) atoms. The molecule has 0 bridgehead atoms. The maximum absolute atomic E-state index is 12.0. The lowest BCUT2D eigenvalue weighted by Gasteiger charge is -2.27. The van der Waals surface area contributed by atoms with E-state index in [4.69, 9.17) is 14.7 Å². The minimum atomic E-state index is 0.0517. The Morgan fingerprint density at radius 3 is 2.47 bits per heavy atom. The van der Waals surface area contributed by atoms with Gasteiger partial charge in [0.25, 0.3) is 0 Å². The van der Waals surface area contributed by atoms with Crippen molar-refractivity contribution in [1.82, 2.24) is 14.9 Å². The molecule has 1 aliphatic carbocycles. The first-order chi connectivity index (χ1) is 23.7. The van der Waals surface area contributed by atoms with Crippen molar-refractivity contribution in [3.05, 3.63) is 83.6 Å². The maximum atomic E-state index is 12.0. The molecule has 0 radical (unpaired) electrons. The Labute approximate surface area is 292 Å². The van der Waals surface area contributed by atoms with E-state index in [1.165, 1.54) is 11.6 Å². The quantitative estimate of drug-likeness (QED) is 0.0735. The lowest BCUT2D eigenvalue weighted by atomic mass is 9.98. The van der Waals surface area contributed by atoms with Gasteiger partial charge < -0.3 is 19.6 Å². The van der Waals surface area contributed by atoms with Crippen LogP contribution in [0, 0.1) is 0 Å². The van der Waals surface area contributed by atoms with Gasteiger partial charge in [0.2, 0.25) is 0 Å². The number of benzene rings is 2.